The predicted molar refractivity (Wildman–Crippen MR) is 82.7 cm³/mol. The van der Waals surface area contributed by atoms with Crippen LogP contribution in [-0.2, 0) is 4.79 Å². The number of nitrogens with one attached hydrogen (secondary N) is 2. The van der Waals surface area contributed by atoms with Crippen molar-refractivity contribution < 1.29 is 9.59 Å². The summed E-state index contributed by atoms with van der Waals surface area (Å²) in [6.45, 7) is 5.45. The van der Waals surface area contributed by atoms with Crippen LogP contribution in [0.15, 0.2) is 24.3 Å². The Kier molecular flexibility index (Phi) is 4.64. The van der Waals surface area contributed by atoms with Gasteiger partial charge in [-0.25, -0.2) is 0 Å². The van der Waals surface area contributed by atoms with E-state index < -0.39 is 0 Å². The van der Waals surface area contributed by atoms with Crippen molar-refractivity contribution in [2.24, 2.45) is 0 Å². The number of aromatic nitrogens is 2. The first-order valence-corrected chi connectivity index (χ1v) is 7.29. The van der Waals surface area contributed by atoms with Crippen molar-refractivity contribution in [3.63, 3.8) is 0 Å². The Morgan fingerprint density at radius 2 is 1.95 bits per heavy atom. The molecule has 1 aromatic heterocycles. The van der Waals surface area contributed by atoms with Crippen molar-refractivity contribution >= 4 is 34.0 Å². The molecule has 0 bridgehead atoms. The highest BCUT2D eigenvalue weighted by molar-refractivity contribution is 7.15. The van der Waals surface area contributed by atoms with Gasteiger partial charge in [0, 0.05) is 24.1 Å². The van der Waals surface area contributed by atoms with Crippen LogP contribution in [-0.4, -0.2) is 22.0 Å². The fourth-order valence-electron chi connectivity index (χ4n) is 1.63. The lowest BCUT2D eigenvalue weighted by Crippen LogP contribution is -2.13. The van der Waals surface area contributed by atoms with Gasteiger partial charge in [0.2, 0.25) is 11.0 Å². The number of nitrogens with zero attached hydrogens (tertiary/aromatic N) is 2. The van der Waals surface area contributed by atoms with E-state index in [4.69, 9.17) is 0 Å². The number of carbonyl (C=O) groups excluding carboxylic acids is 2. The minimum Gasteiger partial charge on any atom is -0.326 e. The summed E-state index contributed by atoms with van der Waals surface area (Å²) in [5, 5.41) is 14.6. The number of amides is 2. The molecule has 0 aliphatic carbocycles. The molecule has 0 aliphatic heterocycles. The van der Waals surface area contributed by atoms with Crippen LogP contribution in [0.4, 0.5) is 10.8 Å². The summed E-state index contributed by atoms with van der Waals surface area (Å²) in [7, 11) is 0. The maximum atomic E-state index is 12.1. The first-order valence-electron chi connectivity index (χ1n) is 6.48. The number of hydrogen-bond donors (Lipinski definition) is 2. The quantitative estimate of drug-likeness (QED) is 0.909. The predicted octanol–water partition coefficient (Wildman–Crippen LogP) is 2.87. The van der Waals surface area contributed by atoms with E-state index in [1.807, 2.05) is 13.8 Å². The van der Waals surface area contributed by atoms with Crippen LogP contribution in [0, 0.1) is 0 Å². The van der Waals surface area contributed by atoms with Crippen LogP contribution < -0.4 is 10.6 Å². The van der Waals surface area contributed by atoms with Gasteiger partial charge in [-0.2, -0.15) is 0 Å². The molecule has 0 atom stereocenters. The van der Waals surface area contributed by atoms with Crippen molar-refractivity contribution in [1.82, 2.24) is 10.2 Å². The second kappa shape index (κ2) is 6.45. The molecule has 0 fully saturated rings. The van der Waals surface area contributed by atoms with Gasteiger partial charge >= 0.3 is 0 Å². The number of benzene rings is 1. The van der Waals surface area contributed by atoms with Crippen LogP contribution >= 0.6 is 11.3 Å². The van der Waals surface area contributed by atoms with Crippen molar-refractivity contribution in [3.05, 3.63) is 34.8 Å². The number of hydrogen-bond acceptors (Lipinski definition) is 5. The maximum absolute atomic E-state index is 12.1. The van der Waals surface area contributed by atoms with E-state index in [1.165, 1.54) is 18.3 Å². The molecule has 0 saturated heterocycles. The molecule has 0 aliphatic rings. The summed E-state index contributed by atoms with van der Waals surface area (Å²) in [6.07, 6.45) is 0. The third kappa shape index (κ3) is 4.09. The summed E-state index contributed by atoms with van der Waals surface area (Å²) in [6, 6.07) is 6.71. The second-order valence-electron chi connectivity index (χ2n) is 4.82. The Labute approximate surface area is 126 Å². The fraction of sp³-hybridized carbons (Fsp3) is 0.286. The molecule has 2 N–H and O–H groups in total. The summed E-state index contributed by atoms with van der Waals surface area (Å²) in [4.78, 5) is 23.2. The molecule has 2 rings (SSSR count). The standard InChI is InChI=1S/C14H16N4O2S/c1-8(2)13-17-18-14(21-13)16-12(20)10-5-4-6-11(7-10)15-9(3)19/h4-8H,1-3H3,(H,15,19)(H,16,18,20). The summed E-state index contributed by atoms with van der Waals surface area (Å²) in [5.74, 6) is -0.192. The van der Waals surface area contributed by atoms with Crippen LogP contribution in [0.1, 0.15) is 42.1 Å². The van der Waals surface area contributed by atoms with Crippen LogP contribution in [0.25, 0.3) is 0 Å². The topological polar surface area (TPSA) is 84.0 Å². The molecule has 21 heavy (non-hydrogen) atoms. The van der Waals surface area contributed by atoms with E-state index in [1.54, 1.807) is 24.3 Å². The van der Waals surface area contributed by atoms with Gasteiger partial charge in [-0.15, -0.1) is 10.2 Å². The lowest BCUT2D eigenvalue weighted by Gasteiger charge is -2.05. The van der Waals surface area contributed by atoms with Gasteiger partial charge in [-0.05, 0) is 18.2 Å². The minimum absolute atomic E-state index is 0.182. The average Bonchev–Trinajstić information content (AvgIpc) is 2.87. The van der Waals surface area contributed by atoms with Crippen molar-refractivity contribution in [2.45, 2.75) is 26.7 Å². The highest BCUT2D eigenvalue weighted by Crippen LogP contribution is 2.23. The maximum Gasteiger partial charge on any atom is 0.257 e. The molecular formula is C14H16N4O2S. The summed E-state index contributed by atoms with van der Waals surface area (Å²) >= 11 is 1.35. The van der Waals surface area contributed by atoms with Crippen molar-refractivity contribution in [3.8, 4) is 0 Å². The molecule has 1 aromatic carbocycles. The van der Waals surface area contributed by atoms with E-state index in [2.05, 4.69) is 20.8 Å². The molecule has 0 unspecified atom stereocenters. The highest BCUT2D eigenvalue weighted by atomic mass is 32.1. The van der Waals surface area contributed by atoms with Gasteiger partial charge in [0.05, 0.1) is 0 Å². The minimum atomic E-state index is -0.284. The summed E-state index contributed by atoms with van der Waals surface area (Å²) in [5.41, 5.74) is 1.03. The number of anilines is 2. The monoisotopic (exact) mass is 304 g/mol. The molecule has 2 aromatic rings. The zero-order valence-electron chi connectivity index (χ0n) is 12.0. The largest absolute Gasteiger partial charge is 0.326 e. The molecule has 110 valence electrons. The fourth-order valence-corrected chi connectivity index (χ4v) is 2.37. The SMILES string of the molecule is CC(=O)Nc1cccc(C(=O)Nc2nnc(C(C)C)s2)c1. The Morgan fingerprint density at radius 1 is 1.19 bits per heavy atom. The Morgan fingerprint density at radius 3 is 2.57 bits per heavy atom. The lowest BCUT2D eigenvalue weighted by atomic mass is 10.2. The van der Waals surface area contributed by atoms with E-state index in [-0.39, 0.29) is 17.7 Å². The Bertz CT molecular complexity index is 666. The van der Waals surface area contributed by atoms with Gasteiger partial charge < -0.3 is 5.32 Å². The van der Waals surface area contributed by atoms with Gasteiger partial charge in [0.1, 0.15) is 5.01 Å². The van der Waals surface area contributed by atoms with E-state index in [9.17, 15) is 9.59 Å². The molecule has 0 saturated carbocycles. The first-order chi connectivity index (χ1) is 9.95. The Balaban J connectivity index is 2.10. The van der Waals surface area contributed by atoms with Crippen molar-refractivity contribution in [2.75, 3.05) is 10.6 Å². The third-order valence-corrected chi connectivity index (χ3v) is 3.74. The number of carbonyl (C=O) groups is 2. The Hall–Kier alpha value is -2.28. The summed E-state index contributed by atoms with van der Waals surface area (Å²) < 4.78 is 0. The van der Waals surface area contributed by atoms with E-state index >= 15 is 0 Å². The van der Waals surface area contributed by atoms with E-state index in [0.29, 0.717) is 16.4 Å². The molecular weight excluding hydrogens is 288 g/mol. The smallest absolute Gasteiger partial charge is 0.257 e. The van der Waals surface area contributed by atoms with Crippen LogP contribution in [0.2, 0.25) is 0 Å². The number of rotatable bonds is 4. The first kappa shape index (κ1) is 15.1. The third-order valence-electron chi connectivity index (χ3n) is 2.60. The zero-order chi connectivity index (χ0) is 15.4. The van der Waals surface area contributed by atoms with Crippen molar-refractivity contribution in [1.29, 1.82) is 0 Å². The zero-order valence-corrected chi connectivity index (χ0v) is 12.8. The molecule has 2 amide bonds. The second-order valence-corrected chi connectivity index (χ2v) is 5.83. The van der Waals surface area contributed by atoms with Gasteiger partial charge in [-0.3, -0.25) is 14.9 Å². The van der Waals surface area contributed by atoms with Crippen LogP contribution in [0.3, 0.4) is 0 Å². The molecule has 7 heteroatoms. The lowest BCUT2D eigenvalue weighted by molar-refractivity contribution is -0.114. The highest BCUT2D eigenvalue weighted by Gasteiger charge is 2.12. The van der Waals surface area contributed by atoms with Crippen LogP contribution in [0.5, 0.6) is 0 Å². The molecule has 0 radical (unpaired) electrons. The van der Waals surface area contributed by atoms with Gasteiger partial charge in [-0.1, -0.05) is 31.3 Å². The van der Waals surface area contributed by atoms with E-state index in [0.717, 1.165) is 5.01 Å². The van der Waals surface area contributed by atoms with Gasteiger partial charge in [0.25, 0.3) is 5.91 Å². The molecule has 1 heterocycles. The van der Waals surface area contributed by atoms with Gasteiger partial charge in [0.15, 0.2) is 0 Å². The average molecular weight is 304 g/mol. The molecule has 6 nitrogen and oxygen atoms in total. The molecule has 0 spiro atoms. The normalized spacial score (nSPS) is 10.5.